The standard InChI is InChI=1S/C12H19P3/c1-2-7-11-15(14-13-10-6-1)12-8-4-3-5-9-12/h3-5,8-9,13-14H,1-2,6-7,10-11H2. The highest BCUT2D eigenvalue weighted by Gasteiger charge is 2.11. The van der Waals surface area contributed by atoms with E-state index in [-0.39, 0.29) is 7.61 Å². The van der Waals surface area contributed by atoms with E-state index in [0.717, 1.165) is 0 Å². The minimum Gasteiger partial charge on any atom is -0.0944 e. The maximum absolute atomic E-state index is 2.35. The van der Waals surface area contributed by atoms with Crippen LogP contribution in [0.1, 0.15) is 25.7 Å². The lowest BCUT2D eigenvalue weighted by molar-refractivity contribution is 0.711. The summed E-state index contributed by atoms with van der Waals surface area (Å²) in [5.74, 6) is 0. The molecule has 0 N–H and O–H groups in total. The van der Waals surface area contributed by atoms with Crippen molar-refractivity contribution in [1.29, 1.82) is 0 Å². The van der Waals surface area contributed by atoms with Crippen LogP contribution in [0.3, 0.4) is 0 Å². The second kappa shape index (κ2) is 6.96. The fraction of sp³-hybridized carbons (Fsp3) is 0.500. The highest BCUT2D eigenvalue weighted by Crippen LogP contribution is 2.65. The van der Waals surface area contributed by atoms with Gasteiger partial charge in [0.2, 0.25) is 0 Å². The Hall–Kier alpha value is 0.510. The molecule has 0 bridgehead atoms. The molecule has 3 unspecified atom stereocenters. The molecule has 1 aliphatic rings. The fourth-order valence-corrected chi connectivity index (χ4v) is 12.1. The molecule has 1 saturated heterocycles. The Morgan fingerprint density at radius 2 is 1.73 bits per heavy atom. The van der Waals surface area contributed by atoms with Gasteiger partial charge in [-0.1, -0.05) is 59.4 Å². The van der Waals surface area contributed by atoms with E-state index in [1.165, 1.54) is 54.2 Å². The average molecular weight is 256 g/mol. The number of hydrogen-bond acceptors (Lipinski definition) is 0. The summed E-state index contributed by atoms with van der Waals surface area (Å²) in [5.41, 5.74) is 0. The van der Waals surface area contributed by atoms with Gasteiger partial charge in [-0.3, -0.25) is 0 Å². The molecule has 3 heteroatoms. The molecular weight excluding hydrogens is 237 g/mol. The van der Waals surface area contributed by atoms with E-state index in [9.17, 15) is 0 Å². The topological polar surface area (TPSA) is 0 Å². The van der Waals surface area contributed by atoms with Crippen molar-refractivity contribution < 1.29 is 0 Å². The maximum atomic E-state index is 2.35. The number of rotatable bonds is 1. The lowest BCUT2D eigenvalue weighted by Gasteiger charge is -2.16. The molecular formula is C12H19P3. The van der Waals surface area contributed by atoms with E-state index in [0.29, 0.717) is 0 Å². The van der Waals surface area contributed by atoms with Crippen LogP contribution in [0.25, 0.3) is 0 Å². The van der Waals surface area contributed by atoms with Gasteiger partial charge in [-0.15, -0.1) is 0 Å². The number of hydrogen-bond donors (Lipinski definition) is 0. The molecule has 82 valence electrons. The third-order valence-corrected chi connectivity index (χ3v) is 12.8. The predicted molar refractivity (Wildman–Crippen MR) is 77.8 cm³/mol. The Morgan fingerprint density at radius 1 is 0.933 bits per heavy atom. The summed E-state index contributed by atoms with van der Waals surface area (Å²) < 4.78 is 0. The third kappa shape index (κ3) is 4.11. The van der Waals surface area contributed by atoms with Crippen LogP contribution in [0.4, 0.5) is 0 Å². The maximum Gasteiger partial charge on any atom is -0.0196 e. The Morgan fingerprint density at radius 3 is 2.60 bits per heavy atom. The SMILES string of the molecule is c1ccc(P2CCCCCCPP2)cc1. The van der Waals surface area contributed by atoms with E-state index in [4.69, 9.17) is 0 Å². The molecule has 3 atom stereocenters. The Labute approximate surface area is 97.7 Å². The zero-order chi connectivity index (χ0) is 10.3. The highest BCUT2D eigenvalue weighted by atomic mass is 32.4. The predicted octanol–water partition coefficient (Wildman–Crippen LogP) is 4.55. The van der Waals surface area contributed by atoms with Gasteiger partial charge >= 0.3 is 0 Å². The van der Waals surface area contributed by atoms with Gasteiger partial charge in [-0.25, -0.2) is 0 Å². The van der Waals surface area contributed by atoms with Crippen LogP contribution < -0.4 is 5.30 Å². The first-order chi connectivity index (χ1) is 7.47. The van der Waals surface area contributed by atoms with Gasteiger partial charge in [0.05, 0.1) is 0 Å². The fourth-order valence-electron chi connectivity index (χ4n) is 1.85. The molecule has 1 heterocycles. The summed E-state index contributed by atoms with van der Waals surface area (Å²) in [5, 5.41) is 1.65. The zero-order valence-electron chi connectivity index (χ0n) is 9.08. The lowest BCUT2D eigenvalue weighted by Crippen LogP contribution is -1.98. The molecule has 1 aromatic rings. The van der Waals surface area contributed by atoms with Crippen LogP contribution in [0.5, 0.6) is 0 Å². The van der Waals surface area contributed by atoms with Crippen LogP contribution in [0.2, 0.25) is 0 Å². The molecule has 0 nitrogen and oxygen atoms in total. The molecule has 0 spiro atoms. The van der Waals surface area contributed by atoms with Gasteiger partial charge in [0, 0.05) is 0 Å². The molecule has 0 radical (unpaired) electrons. The molecule has 15 heavy (non-hydrogen) atoms. The van der Waals surface area contributed by atoms with Crippen molar-refractivity contribution in [1.82, 2.24) is 0 Å². The first-order valence-electron chi connectivity index (χ1n) is 5.78. The molecule has 1 fully saturated rings. The van der Waals surface area contributed by atoms with Crippen molar-refractivity contribution in [2.24, 2.45) is 0 Å². The largest absolute Gasteiger partial charge is 0.0944 e. The van der Waals surface area contributed by atoms with Crippen molar-refractivity contribution in [2.75, 3.05) is 12.3 Å². The summed E-state index contributed by atoms with van der Waals surface area (Å²) in [4.78, 5) is 0. The lowest BCUT2D eigenvalue weighted by atomic mass is 10.2. The minimum atomic E-state index is 0.213. The van der Waals surface area contributed by atoms with Gasteiger partial charge in [0.15, 0.2) is 0 Å². The van der Waals surface area contributed by atoms with Crippen LogP contribution in [-0.2, 0) is 0 Å². The van der Waals surface area contributed by atoms with E-state index in [1.54, 1.807) is 5.30 Å². The van der Waals surface area contributed by atoms with Crippen molar-refractivity contribution in [2.45, 2.75) is 25.7 Å². The zero-order valence-corrected chi connectivity index (χ0v) is 12.0. The Kier molecular flexibility index (Phi) is 5.56. The van der Waals surface area contributed by atoms with Crippen molar-refractivity contribution in [3.63, 3.8) is 0 Å². The number of benzene rings is 1. The van der Waals surface area contributed by atoms with Gasteiger partial charge < -0.3 is 0 Å². The van der Waals surface area contributed by atoms with E-state index >= 15 is 0 Å². The highest BCUT2D eigenvalue weighted by molar-refractivity contribution is 8.50. The Bertz CT molecular complexity index is 263. The summed E-state index contributed by atoms with van der Waals surface area (Å²) in [6, 6.07) is 11.2. The van der Waals surface area contributed by atoms with Crippen molar-refractivity contribution >= 4 is 29.1 Å². The van der Waals surface area contributed by atoms with Crippen molar-refractivity contribution in [3.8, 4) is 0 Å². The van der Waals surface area contributed by atoms with Crippen LogP contribution in [-0.4, -0.2) is 12.3 Å². The third-order valence-electron chi connectivity index (χ3n) is 2.72. The van der Waals surface area contributed by atoms with Gasteiger partial charge in [-0.05, 0) is 38.1 Å². The van der Waals surface area contributed by atoms with Crippen molar-refractivity contribution in [3.05, 3.63) is 30.3 Å². The molecule has 2 rings (SSSR count). The normalized spacial score (nSPS) is 27.1. The smallest absolute Gasteiger partial charge is 0.0196 e. The molecule has 1 aromatic carbocycles. The Balaban J connectivity index is 1.99. The van der Waals surface area contributed by atoms with Gasteiger partial charge in [-0.2, -0.15) is 0 Å². The van der Waals surface area contributed by atoms with Crippen LogP contribution in [0, 0.1) is 0 Å². The van der Waals surface area contributed by atoms with E-state index in [2.05, 4.69) is 30.3 Å². The van der Waals surface area contributed by atoms with E-state index in [1.807, 2.05) is 0 Å². The second-order valence-corrected chi connectivity index (χ2v) is 12.2. The first-order valence-corrected chi connectivity index (χ1v) is 11.4. The molecule has 1 aliphatic heterocycles. The molecule has 0 saturated carbocycles. The summed E-state index contributed by atoms with van der Waals surface area (Å²) in [6.07, 6.45) is 8.91. The second-order valence-electron chi connectivity index (χ2n) is 3.94. The van der Waals surface area contributed by atoms with Gasteiger partial charge in [0.1, 0.15) is 0 Å². The molecule has 0 aromatic heterocycles. The quantitative estimate of drug-likeness (QED) is 0.646. The summed E-state index contributed by atoms with van der Waals surface area (Å²) in [7, 11) is 2.71. The minimum absolute atomic E-state index is 0.213. The summed E-state index contributed by atoms with van der Waals surface area (Å²) in [6.45, 7) is 0. The molecule has 0 amide bonds. The first kappa shape index (κ1) is 12.0. The average Bonchev–Trinajstić information content (AvgIpc) is 2.43. The summed E-state index contributed by atoms with van der Waals surface area (Å²) >= 11 is 0. The van der Waals surface area contributed by atoms with E-state index < -0.39 is 0 Å². The van der Waals surface area contributed by atoms with Crippen LogP contribution in [0.15, 0.2) is 30.3 Å². The molecule has 0 aliphatic carbocycles. The van der Waals surface area contributed by atoms with Crippen LogP contribution >= 0.6 is 23.8 Å². The van der Waals surface area contributed by atoms with Gasteiger partial charge in [0.25, 0.3) is 0 Å². The monoisotopic (exact) mass is 256 g/mol.